The Morgan fingerprint density at radius 3 is 2.80 bits per heavy atom. The van der Waals surface area contributed by atoms with Gasteiger partial charge < -0.3 is 9.67 Å². The van der Waals surface area contributed by atoms with Gasteiger partial charge in [0.2, 0.25) is 0 Å². The number of aliphatic carboxylic acids is 1. The van der Waals surface area contributed by atoms with Gasteiger partial charge in [-0.3, -0.25) is 4.79 Å². The molecule has 0 amide bonds. The lowest BCUT2D eigenvalue weighted by molar-refractivity contribution is -0.136. The zero-order chi connectivity index (χ0) is 11.0. The maximum Gasteiger partial charge on any atom is 0.307 e. The van der Waals surface area contributed by atoms with E-state index < -0.39 is 5.97 Å². The van der Waals surface area contributed by atoms with Gasteiger partial charge in [-0.05, 0) is 6.07 Å². The van der Waals surface area contributed by atoms with Crippen molar-refractivity contribution in [3.8, 4) is 0 Å². The van der Waals surface area contributed by atoms with Crippen molar-refractivity contribution in [3.05, 3.63) is 35.0 Å². The Morgan fingerprint density at radius 1 is 1.47 bits per heavy atom. The third kappa shape index (κ3) is 1.59. The van der Waals surface area contributed by atoms with Gasteiger partial charge in [0.25, 0.3) is 0 Å². The van der Waals surface area contributed by atoms with E-state index in [4.69, 9.17) is 16.7 Å². The molecule has 1 N–H and O–H groups in total. The van der Waals surface area contributed by atoms with Gasteiger partial charge >= 0.3 is 5.97 Å². The Morgan fingerprint density at radius 2 is 2.13 bits per heavy atom. The predicted octanol–water partition coefficient (Wildman–Crippen LogP) is 2.46. The molecule has 2 aromatic rings. The molecular formula is C11H10ClNO2. The number of hydrogen-bond donors (Lipinski definition) is 1. The molecule has 15 heavy (non-hydrogen) atoms. The van der Waals surface area contributed by atoms with E-state index in [0.29, 0.717) is 10.7 Å². The second kappa shape index (κ2) is 3.59. The lowest BCUT2D eigenvalue weighted by Gasteiger charge is -1.96. The summed E-state index contributed by atoms with van der Waals surface area (Å²) in [6.45, 7) is 0. The van der Waals surface area contributed by atoms with Gasteiger partial charge in [0.15, 0.2) is 0 Å². The first-order chi connectivity index (χ1) is 7.11. The first-order valence-electron chi connectivity index (χ1n) is 4.55. The molecule has 0 aliphatic rings. The summed E-state index contributed by atoms with van der Waals surface area (Å²) in [7, 11) is 1.83. The molecule has 0 saturated carbocycles. The molecule has 3 nitrogen and oxygen atoms in total. The van der Waals surface area contributed by atoms with Crippen LogP contribution < -0.4 is 0 Å². The van der Waals surface area contributed by atoms with Crippen molar-refractivity contribution in [3.63, 3.8) is 0 Å². The van der Waals surface area contributed by atoms with Gasteiger partial charge in [0, 0.05) is 23.5 Å². The largest absolute Gasteiger partial charge is 0.481 e. The van der Waals surface area contributed by atoms with E-state index >= 15 is 0 Å². The number of para-hydroxylation sites is 1. The van der Waals surface area contributed by atoms with E-state index in [0.717, 1.165) is 10.9 Å². The zero-order valence-electron chi connectivity index (χ0n) is 8.20. The van der Waals surface area contributed by atoms with Crippen LogP contribution >= 0.6 is 11.6 Å². The van der Waals surface area contributed by atoms with E-state index in [9.17, 15) is 4.79 Å². The van der Waals surface area contributed by atoms with Crippen LogP contribution in [0.15, 0.2) is 24.3 Å². The average molecular weight is 224 g/mol. The lowest BCUT2D eigenvalue weighted by Crippen LogP contribution is -2.00. The molecule has 4 heteroatoms. The highest BCUT2D eigenvalue weighted by atomic mass is 35.5. The molecule has 0 fully saturated rings. The summed E-state index contributed by atoms with van der Waals surface area (Å²) in [5.41, 5.74) is 1.64. The lowest BCUT2D eigenvalue weighted by atomic mass is 10.1. The molecule has 0 aliphatic heterocycles. The van der Waals surface area contributed by atoms with Crippen LogP contribution in [-0.2, 0) is 18.3 Å². The topological polar surface area (TPSA) is 42.2 Å². The molecule has 0 spiro atoms. The molecule has 1 heterocycles. The molecule has 0 saturated heterocycles. The van der Waals surface area contributed by atoms with Crippen molar-refractivity contribution in [2.75, 3.05) is 0 Å². The van der Waals surface area contributed by atoms with E-state index in [1.807, 2.05) is 31.3 Å². The van der Waals surface area contributed by atoms with Crippen molar-refractivity contribution >= 4 is 28.5 Å². The van der Waals surface area contributed by atoms with Gasteiger partial charge in [0.05, 0.1) is 6.42 Å². The highest BCUT2D eigenvalue weighted by Crippen LogP contribution is 2.29. The Bertz CT molecular complexity index is 531. The summed E-state index contributed by atoms with van der Waals surface area (Å²) in [6.07, 6.45) is -0.0415. The number of fused-ring (bicyclic) bond motifs is 1. The van der Waals surface area contributed by atoms with Gasteiger partial charge in [-0.1, -0.05) is 29.8 Å². The van der Waals surface area contributed by atoms with Crippen LogP contribution in [0.2, 0.25) is 5.15 Å². The van der Waals surface area contributed by atoms with Gasteiger partial charge in [0.1, 0.15) is 5.15 Å². The molecule has 0 atom stereocenters. The Hall–Kier alpha value is -1.48. The van der Waals surface area contributed by atoms with Crippen molar-refractivity contribution < 1.29 is 9.90 Å². The molecule has 0 aliphatic carbocycles. The summed E-state index contributed by atoms with van der Waals surface area (Å²) in [6, 6.07) is 7.60. The summed E-state index contributed by atoms with van der Waals surface area (Å²) in [5.74, 6) is -0.867. The number of aryl methyl sites for hydroxylation is 1. The number of rotatable bonds is 2. The molecule has 0 radical (unpaired) electrons. The number of hydrogen-bond acceptors (Lipinski definition) is 1. The summed E-state index contributed by atoms with van der Waals surface area (Å²) in [5, 5.41) is 10.2. The molecule has 78 valence electrons. The van der Waals surface area contributed by atoms with Crippen molar-refractivity contribution in [1.82, 2.24) is 4.57 Å². The number of halogens is 1. The molecule has 0 unspecified atom stereocenters. The van der Waals surface area contributed by atoms with Crippen LogP contribution in [0.4, 0.5) is 0 Å². The number of carboxylic acid groups (broad SMARTS) is 1. The Labute approximate surface area is 91.9 Å². The highest BCUT2D eigenvalue weighted by Gasteiger charge is 2.15. The second-order valence-corrected chi connectivity index (χ2v) is 3.77. The van der Waals surface area contributed by atoms with E-state index in [2.05, 4.69) is 0 Å². The first-order valence-corrected chi connectivity index (χ1v) is 4.92. The minimum Gasteiger partial charge on any atom is -0.481 e. The third-order valence-electron chi connectivity index (χ3n) is 2.46. The molecule has 1 aromatic carbocycles. The fourth-order valence-corrected chi connectivity index (χ4v) is 2.02. The second-order valence-electron chi connectivity index (χ2n) is 3.42. The van der Waals surface area contributed by atoms with Gasteiger partial charge in [-0.2, -0.15) is 0 Å². The molecular weight excluding hydrogens is 214 g/mol. The number of carbonyl (C=O) groups is 1. The molecule has 1 aromatic heterocycles. The zero-order valence-corrected chi connectivity index (χ0v) is 8.95. The van der Waals surface area contributed by atoms with Crippen LogP contribution in [0, 0.1) is 0 Å². The number of aromatic nitrogens is 1. The monoisotopic (exact) mass is 223 g/mol. The third-order valence-corrected chi connectivity index (χ3v) is 2.94. The maximum absolute atomic E-state index is 10.7. The molecule has 0 bridgehead atoms. The SMILES string of the molecule is Cn1c(Cl)c(CC(=O)O)c2ccccc21. The Balaban J connectivity index is 2.72. The quantitative estimate of drug-likeness (QED) is 0.850. The standard InChI is InChI=1S/C11H10ClNO2/c1-13-9-5-3-2-4-7(9)8(11(13)12)6-10(14)15/h2-5H,6H2,1H3,(H,14,15). The van der Waals surface area contributed by atoms with Crippen LogP contribution in [-0.4, -0.2) is 15.6 Å². The smallest absolute Gasteiger partial charge is 0.307 e. The van der Waals surface area contributed by atoms with E-state index in [1.54, 1.807) is 4.57 Å². The normalized spacial score (nSPS) is 10.8. The number of nitrogens with zero attached hydrogens (tertiary/aromatic N) is 1. The van der Waals surface area contributed by atoms with Crippen LogP contribution in [0.5, 0.6) is 0 Å². The number of benzene rings is 1. The minimum absolute atomic E-state index is 0.0415. The highest BCUT2D eigenvalue weighted by molar-refractivity contribution is 6.32. The predicted molar refractivity (Wildman–Crippen MR) is 59.3 cm³/mol. The van der Waals surface area contributed by atoms with Crippen molar-refractivity contribution in [2.24, 2.45) is 7.05 Å². The van der Waals surface area contributed by atoms with E-state index in [1.165, 1.54) is 0 Å². The molecule has 2 rings (SSSR count). The fourth-order valence-electron chi connectivity index (χ4n) is 1.76. The first kappa shape index (κ1) is 10.1. The maximum atomic E-state index is 10.7. The van der Waals surface area contributed by atoms with Gasteiger partial charge in [-0.15, -0.1) is 0 Å². The minimum atomic E-state index is -0.867. The van der Waals surface area contributed by atoms with Crippen molar-refractivity contribution in [1.29, 1.82) is 0 Å². The summed E-state index contributed by atoms with van der Waals surface area (Å²) >= 11 is 6.08. The van der Waals surface area contributed by atoms with Crippen LogP contribution in [0.3, 0.4) is 0 Å². The van der Waals surface area contributed by atoms with Gasteiger partial charge in [-0.25, -0.2) is 0 Å². The van der Waals surface area contributed by atoms with Crippen LogP contribution in [0.1, 0.15) is 5.56 Å². The number of carboxylic acids is 1. The van der Waals surface area contributed by atoms with Crippen molar-refractivity contribution in [2.45, 2.75) is 6.42 Å². The summed E-state index contributed by atoms with van der Waals surface area (Å²) in [4.78, 5) is 10.7. The Kier molecular flexibility index (Phi) is 2.40. The fraction of sp³-hybridized carbons (Fsp3) is 0.182. The van der Waals surface area contributed by atoms with E-state index in [-0.39, 0.29) is 6.42 Å². The van der Waals surface area contributed by atoms with Crippen LogP contribution in [0.25, 0.3) is 10.9 Å². The average Bonchev–Trinajstić information content (AvgIpc) is 2.44. The summed E-state index contributed by atoms with van der Waals surface area (Å²) < 4.78 is 1.80.